The zero-order chi connectivity index (χ0) is 21.3. The third-order valence-corrected chi connectivity index (χ3v) is 4.45. The van der Waals surface area contributed by atoms with Crippen LogP contribution < -0.4 is 21.1 Å². The van der Waals surface area contributed by atoms with Gasteiger partial charge in [-0.3, -0.25) is 9.59 Å². The minimum atomic E-state index is -0.418. The summed E-state index contributed by atoms with van der Waals surface area (Å²) >= 11 is 0. The fourth-order valence-corrected chi connectivity index (χ4v) is 2.78. The van der Waals surface area contributed by atoms with Gasteiger partial charge in [-0.15, -0.1) is 0 Å². The first kappa shape index (κ1) is 20.7. The van der Waals surface area contributed by atoms with Gasteiger partial charge in [0.05, 0.1) is 7.11 Å². The first-order valence-corrected chi connectivity index (χ1v) is 9.40. The summed E-state index contributed by atoms with van der Waals surface area (Å²) in [6.07, 6.45) is 1.62. The SMILES string of the molecule is COc1ccc(/C=C(/NC(=O)c2ccccc2)C(=O)NCc2ccccc2N)cc1. The molecule has 0 aliphatic heterocycles. The van der Waals surface area contributed by atoms with Crippen LogP contribution in [0, 0.1) is 0 Å². The second-order valence-electron chi connectivity index (χ2n) is 6.53. The summed E-state index contributed by atoms with van der Waals surface area (Å²) < 4.78 is 5.16. The van der Waals surface area contributed by atoms with Crippen LogP contribution in [-0.4, -0.2) is 18.9 Å². The standard InChI is InChI=1S/C24H23N3O3/c1-30-20-13-11-17(12-14-20)15-22(27-23(28)18-7-3-2-4-8-18)24(29)26-16-19-9-5-6-10-21(19)25/h2-15H,16,25H2,1H3,(H,26,29)(H,27,28)/b22-15+. The molecular weight excluding hydrogens is 378 g/mol. The highest BCUT2D eigenvalue weighted by Gasteiger charge is 2.15. The second-order valence-corrected chi connectivity index (χ2v) is 6.53. The van der Waals surface area contributed by atoms with Crippen molar-refractivity contribution in [2.75, 3.05) is 12.8 Å². The Morgan fingerprint density at radius 2 is 1.60 bits per heavy atom. The lowest BCUT2D eigenvalue weighted by molar-refractivity contribution is -0.117. The van der Waals surface area contributed by atoms with Crippen LogP contribution in [0.2, 0.25) is 0 Å². The summed E-state index contributed by atoms with van der Waals surface area (Å²) in [6.45, 7) is 0.243. The molecule has 0 aromatic heterocycles. The molecule has 0 radical (unpaired) electrons. The molecule has 4 N–H and O–H groups in total. The Balaban J connectivity index is 1.82. The van der Waals surface area contributed by atoms with E-state index in [1.54, 1.807) is 67.8 Å². The molecule has 6 nitrogen and oxygen atoms in total. The Kier molecular flexibility index (Phi) is 6.84. The summed E-state index contributed by atoms with van der Waals surface area (Å²) in [5, 5.41) is 5.52. The molecule has 0 spiro atoms. The first-order chi connectivity index (χ1) is 14.6. The molecule has 0 heterocycles. The zero-order valence-corrected chi connectivity index (χ0v) is 16.6. The summed E-state index contributed by atoms with van der Waals surface area (Å²) in [5.41, 5.74) is 8.66. The molecule has 3 aromatic rings. The van der Waals surface area contributed by atoms with Crippen LogP contribution in [0.25, 0.3) is 6.08 Å². The van der Waals surface area contributed by atoms with E-state index in [2.05, 4.69) is 10.6 Å². The number of carbonyl (C=O) groups excluding carboxylic acids is 2. The molecule has 3 rings (SSSR count). The number of methoxy groups -OCH3 is 1. The number of hydrogen-bond acceptors (Lipinski definition) is 4. The third kappa shape index (κ3) is 5.48. The van der Waals surface area contributed by atoms with Crippen molar-refractivity contribution in [3.63, 3.8) is 0 Å². The Morgan fingerprint density at radius 1 is 0.933 bits per heavy atom. The van der Waals surface area contributed by atoms with E-state index in [-0.39, 0.29) is 18.1 Å². The van der Waals surface area contributed by atoms with Crippen molar-refractivity contribution < 1.29 is 14.3 Å². The molecule has 30 heavy (non-hydrogen) atoms. The molecule has 6 heteroatoms. The van der Waals surface area contributed by atoms with Gasteiger partial charge >= 0.3 is 0 Å². The number of carbonyl (C=O) groups is 2. The van der Waals surface area contributed by atoms with Crippen molar-refractivity contribution in [1.82, 2.24) is 10.6 Å². The lowest BCUT2D eigenvalue weighted by Crippen LogP contribution is -2.34. The Morgan fingerprint density at radius 3 is 2.27 bits per heavy atom. The molecule has 0 bridgehead atoms. The van der Waals surface area contributed by atoms with Crippen molar-refractivity contribution >= 4 is 23.6 Å². The van der Waals surface area contributed by atoms with Gasteiger partial charge in [-0.25, -0.2) is 0 Å². The quantitative estimate of drug-likeness (QED) is 0.418. The van der Waals surface area contributed by atoms with Gasteiger partial charge in [0.25, 0.3) is 11.8 Å². The number of rotatable bonds is 7. The van der Waals surface area contributed by atoms with Crippen LogP contribution in [0.3, 0.4) is 0 Å². The molecule has 0 aliphatic rings. The molecule has 0 aliphatic carbocycles. The van der Waals surface area contributed by atoms with Crippen molar-refractivity contribution in [3.8, 4) is 5.75 Å². The van der Waals surface area contributed by atoms with Crippen molar-refractivity contribution in [2.24, 2.45) is 0 Å². The zero-order valence-electron chi connectivity index (χ0n) is 16.6. The topological polar surface area (TPSA) is 93.4 Å². The summed E-state index contributed by atoms with van der Waals surface area (Å²) in [5.74, 6) is -0.0888. The van der Waals surface area contributed by atoms with Gasteiger partial charge in [0, 0.05) is 17.8 Å². The Hall–Kier alpha value is -4.06. The van der Waals surface area contributed by atoms with Crippen LogP contribution >= 0.6 is 0 Å². The maximum Gasteiger partial charge on any atom is 0.268 e. The predicted octanol–water partition coefficient (Wildman–Crippen LogP) is 3.36. The highest BCUT2D eigenvalue weighted by Crippen LogP contribution is 2.15. The van der Waals surface area contributed by atoms with E-state index in [9.17, 15) is 9.59 Å². The number of ether oxygens (including phenoxy) is 1. The maximum absolute atomic E-state index is 12.9. The van der Waals surface area contributed by atoms with E-state index in [1.807, 2.05) is 24.3 Å². The van der Waals surface area contributed by atoms with E-state index in [0.717, 1.165) is 11.1 Å². The molecule has 2 amide bonds. The van der Waals surface area contributed by atoms with Crippen molar-refractivity contribution in [1.29, 1.82) is 0 Å². The van der Waals surface area contributed by atoms with Crippen LogP contribution in [0.15, 0.2) is 84.6 Å². The molecule has 152 valence electrons. The van der Waals surface area contributed by atoms with Gasteiger partial charge in [0.15, 0.2) is 0 Å². The van der Waals surface area contributed by atoms with E-state index in [0.29, 0.717) is 17.0 Å². The van der Waals surface area contributed by atoms with Crippen molar-refractivity contribution in [2.45, 2.75) is 6.54 Å². The monoisotopic (exact) mass is 401 g/mol. The van der Waals surface area contributed by atoms with E-state index < -0.39 is 5.91 Å². The van der Waals surface area contributed by atoms with Gasteiger partial charge in [0.1, 0.15) is 11.4 Å². The second kappa shape index (κ2) is 9.93. The predicted molar refractivity (Wildman–Crippen MR) is 118 cm³/mol. The summed E-state index contributed by atoms with van der Waals surface area (Å²) in [7, 11) is 1.58. The number of nitrogens with two attached hydrogens (primary N) is 1. The van der Waals surface area contributed by atoms with E-state index >= 15 is 0 Å². The van der Waals surface area contributed by atoms with Crippen LogP contribution in [0.5, 0.6) is 5.75 Å². The molecule has 0 unspecified atom stereocenters. The number of para-hydroxylation sites is 1. The van der Waals surface area contributed by atoms with Gasteiger partial charge in [-0.2, -0.15) is 0 Å². The Bertz CT molecular complexity index is 1040. The highest BCUT2D eigenvalue weighted by atomic mass is 16.5. The summed E-state index contributed by atoms with van der Waals surface area (Å²) in [6, 6.07) is 23.2. The number of amides is 2. The third-order valence-electron chi connectivity index (χ3n) is 4.45. The molecule has 0 saturated carbocycles. The van der Waals surface area contributed by atoms with Gasteiger partial charge < -0.3 is 21.1 Å². The maximum atomic E-state index is 12.9. The Labute approximate surface area is 175 Å². The summed E-state index contributed by atoms with van der Waals surface area (Å²) in [4.78, 5) is 25.5. The number of anilines is 1. The first-order valence-electron chi connectivity index (χ1n) is 9.40. The molecule has 3 aromatic carbocycles. The normalized spacial score (nSPS) is 10.9. The largest absolute Gasteiger partial charge is 0.497 e. The fraction of sp³-hybridized carbons (Fsp3) is 0.0833. The average molecular weight is 401 g/mol. The van der Waals surface area contributed by atoms with Crippen LogP contribution in [0.4, 0.5) is 5.69 Å². The van der Waals surface area contributed by atoms with Crippen LogP contribution in [0.1, 0.15) is 21.5 Å². The minimum Gasteiger partial charge on any atom is -0.497 e. The molecular formula is C24H23N3O3. The average Bonchev–Trinajstić information content (AvgIpc) is 2.79. The number of nitrogens with one attached hydrogen (secondary N) is 2. The van der Waals surface area contributed by atoms with Gasteiger partial charge in [-0.1, -0.05) is 48.5 Å². The van der Waals surface area contributed by atoms with Gasteiger partial charge in [-0.05, 0) is 47.5 Å². The molecule has 0 saturated heterocycles. The van der Waals surface area contributed by atoms with Crippen molar-refractivity contribution in [3.05, 3.63) is 101 Å². The number of benzene rings is 3. The number of hydrogen-bond donors (Lipinski definition) is 3. The van der Waals surface area contributed by atoms with E-state index in [4.69, 9.17) is 10.5 Å². The smallest absolute Gasteiger partial charge is 0.268 e. The van der Waals surface area contributed by atoms with Crippen LogP contribution in [-0.2, 0) is 11.3 Å². The molecule has 0 atom stereocenters. The highest BCUT2D eigenvalue weighted by molar-refractivity contribution is 6.05. The van der Waals surface area contributed by atoms with E-state index in [1.165, 1.54) is 0 Å². The molecule has 0 fully saturated rings. The van der Waals surface area contributed by atoms with Gasteiger partial charge in [0.2, 0.25) is 0 Å². The lowest BCUT2D eigenvalue weighted by Gasteiger charge is -2.12. The fourth-order valence-electron chi connectivity index (χ4n) is 2.78. The minimum absolute atomic E-state index is 0.128. The number of nitrogen functional groups attached to an aromatic ring is 1. The lowest BCUT2D eigenvalue weighted by atomic mass is 10.1.